The van der Waals surface area contributed by atoms with Gasteiger partial charge >= 0.3 is 0 Å². The number of nitrogens with two attached hydrogens (primary N) is 1. The maximum absolute atomic E-state index is 5.96. The molecule has 1 heterocycles. The summed E-state index contributed by atoms with van der Waals surface area (Å²) < 4.78 is 5.38. The molecule has 0 saturated carbocycles. The number of para-hydroxylation sites is 1. The predicted octanol–water partition coefficient (Wildman–Crippen LogP) is 2.29. The molecule has 18 heavy (non-hydrogen) atoms. The Hall–Kier alpha value is -0.770. The molecule has 4 heteroatoms. The zero-order chi connectivity index (χ0) is 12.3. The van der Waals surface area contributed by atoms with E-state index in [1.54, 1.807) is 7.11 Å². The third kappa shape index (κ3) is 3.61. The summed E-state index contributed by atoms with van der Waals surface area (Å²) in [5.41, 5.74) is 7.22. The molecule has 0 aliphatic carbocycles. The van der Waals surface area contributed by atoms with Crippen molar-refractivity contribution in [1.29, 1.82) is 0 Å². The largest absolute Gasteiger partial charge is 0.496 e. The van der Waals surface area contributed by atoms with Crippen LogP contribution in [-0.2, 0) is 6.54 Å². The number of hydrogen-bond donors (Lipinski definition) is 1. The van der Waals surface area contributed by atoms with E-state index < -0.39 is 0 Å². The van der Waals surface area contributed by atoms with Crippen LogP contribution in [0.2, 0.25) is 0 Å². The van der Waals surface area contributed by atoms with E-state index in [0.717, 1.165) is 25.4 Å². The zero-order valence-corrected chi connectivity index (χ0v) is 12.0. The van der Waals surface area contributed by atoms with Gasteiger partial charge in [-0.05, 0) is 31.9 Å². The van der Waals surface area contributed by atoms with Crippen LogP contribution >= 0.6 is 12.4 Å². The highest BCUT2D eigenvalue weighted by Gasteiger charge is 2.25. The number of nitrogens with zero attached hydrogens (tertiary/aromatic N) is 1. The van der Waals surface area contributed by atoms with E-state index in [4.69, 9.17) is 10.5 Å². The Kier molecular flexibility index (Phi) is 5.93. The smallest absolute Gasteiger partial charge is 0.123 e. The first-order chi connectivity index (χ1) is 8.20. The van der Waals surface area contributed by atoms with Gasteiger partial charge < -0.3 is 10.5 Å². The molecule has 0 radical (unpaired) electrons. The van der Waals surface area contributed by atoms with Crippen molar-refractivity contribution < 1.29 is 4.74 Å². The number of benzene rings is 1. The molecule has 1 saturated heterocycles. The molecule has 2 atom stereocenters. The second-order valence-electron chi connectivity index (χ2n) is 4.95. The Balaban J connectivity index is 0.00000162. The third-order valence-electron chi connectivity index (χ3n) is 3.64. The number of rotatable bonds is 4. The van der Waals surface area contributed by atoms with Gasteiger partial charge in [-0.3, -0.25) is 4.90 Å². The van der Waals surface area contributed by atoms with Gasteiger partial charge in [0, 0.05) is 24.7 Å². The van der Waals surface area contributed by atoms with Crippen molar-refractivity contribution in [3.8, 4) is 5.75 Å². The molecular formula is C14H23ClN2O. The Bertz CT molecular complexity index is 371. The highest BCUT2D eigenvalue weighted by molar-refractivity contribution is 5.85. The van der Waals surface area contributed by atoms with Crippen LogP contribution in [0, 0.1) is 5.92 Å². The second-order valence-corrected chi connectivity index (χ2v) is 4.95. The van der Waals surface area contributed by atoms with E-state index in [0.29, 0.717) is 12.0 Å². The molecule has 1 aromatic rings. The van der Waals surface area contributed by atoms with Gasteiger partial charge in [0.25, 0.3) is 0 Å². The molecule has 102 valence electrons. The first-order valence-corrected chi connectivity index (χ1v) is 6.30. The van der Waals surface area contributed by atoms with E-state index in [-0.39, 0.29) is 12.4 Å². The standard InChI is InChI=1S/C14H22N2O.ClH/c1-11(15)12-7-8-16(9-12)10-13-5-3-4-6-14(13)17-2;/h3-6,11-12H,7-10,15H2,1-2H3;1H. The monoisotopic (exact) mass is 270 g/mol. The predicted molar refractivity (Wildman–Crippen MR) is 77.3 cm³/mol. The van der Waals surface area contributed by atoms with Gasteiger partial charge in [0.2, 0.25) is 0 Å². The average molecular weight is 271 g/mol. The summed E-state index contributed by atoms with van der Waals surface area (Å²) in [5, 5.41) is 0. The zero-order valence-electron chi connectivity index (χ0n) is 11.1. The van der Waals surface area contributed by atoms with Crippen LogP contribution in [0.25, 0.3) is 0 Å². The van der Waals surface area contributed by atoms with Gasteiger partial charge in [0.05, 0.1) is 7.11 Å². The maximum Gasteiger partial charge on any atom is 0.123 e. The lowest BCUT2D eigenvalue weighted by Crippen LogP contribution is -2.29. The minimum absolute atomic E-state index is 0. The van der Waals surface area contributed by atoms with Gasteiger partial charge in [0.15, 0.2) is 0 Å². The van der Waals surface area contributed by atoms with Gasteiger partial charge in [-0.1, -0.05) is 18.2 Å². The molecule has 2 unspecified atom stereocenters. The lowest BCUT2D eigenvalue weighted by atomic mass is 10.0. The molecule has 0 aromatic heterocycles. The molecule has 0 spiro atoms. The van der Waals surface area contributed by atoms with Crippen molar-refractivity contribution in [2.45, 2.75) is 25.9 Å². The van der Waals surface area contributed by atoms with Crippen molar-refractivity contribution in [2.24, 2.45) is 11.7 Å². The topological polar surface area (TPSA) is 38.5 Å². The number of methoxy groups -OCH3 is 1. The van der Waals surface area contributed by atoms with Gasteiger partial charge in [-0.25, -0.2) is 0 Å². The minimum atomic E-state index is 0. The quantitative estimate of drug-likeness (QED) is 0.912. The second kappa shape index (κ2) is 6.98. The molecule has 1 aromatic carbocycles. The number of likely N-dealkylation sites (tertiary alicyclic amines) is 1. The molecule has 3 nitrogen and oxygen atoms in total. The van der Waals surface area contributed by atoms with Crippen LogP contribution < -0.4 is 10.5 Å². The number of hydrogen-bond acceptors (Lipinski definition) is 3. The number of halogens is 1. The van der Waals surface area contributed by atoms with E-state index in [1.165, 1.54) is 12.0 Å². The Morgan fingerprint density at radius 3 is 2.78 bits per heavy atom. The third-order valence-corrected chi connectivity index (χ3v) is 3.64. The van der Waals surface area contributed by atoms with Crippen LogP contribution in [0.5, 0.6) is 5.75 Å². The van der Waals surface area contributed by atoms with Crippen molar-refractivity contribution in [3.05, 3.63) is 29.8 Å². The fourth-order valence-corrected chi connectivity index (χ4v) is 2.51. The average Bonchev–Trinajstić information content (AvgIpc) is 2.78. The molecule has 2 N–H and O–H groups in total. The molecular weight excluding hydrogens is 248 g/mol. The van der Waals surface area contributed by atoms with E-state index in [1.807, 2.05) is 12.1 Å². The maximum atomic E-state index is 5.96. The summed E-state index contributed by atoms with van der Waals surface area (Å²) in [6, 6.07) is 8.54. The van der Waals surface area contributed by atoms with Crippen LogP contribution in [0.4, 0.5) is 0 Å². The van der Waals surface area contributed by atoms with Crippen LogP contribution in [0.1, 0.15) is 18.9 Å². The first kappa shape index (κ1) is 15.3. The highest BCUT2D eigenvalue weighted by Crippen LogP contribution is 2.24. The molecule has 1 aliphatic rings. The normalized spacial score (nSPS) is 21.4. The fourth-order valence-electron chi connectivity index (χ4n) is 2.51. The number of ether oxygens (including phenoxy) is 1. The van der Waals surface area contributed by atoms with Crippen molar-refractivity contribution >= 4 is 12.4 Å². The van der Waals surface area contributed by atoms with E-state index in [2.05, 4.69) is 24.0 Å². The summed E-state index contributed by atoms with van der Waals surface area (Å²) in [6.45, 7) is 5.32. The Labute approximate surface area is 116 Å². The molecule has 2 rings (SSSR count). The molecule has 0 amide bonds. The lowest BCUT2D eigenvalue weighted by molar-refractivity contribution is 0.301. The van der Waals surface area contributed by atoms with Crippen LogP contribution in [0.15, 0.2) is 24.3 Å². The summed E-state index contributed by atoms with van der Waals surface area (Å²) in [7, 11) is 1.73. The van der Waals surface area contributed by atoms with Crippen molar-refractivity contribution in [3.63, 3.8) is 0 Å². The van der Waals surface area contributed by atoms with Crippen LogP contribution in [-0.4, -0.2) is 31.1 Å². The SMILES string of the molecule is COc1ccccc1CN1CCC(C(C)N)C1.Cl. The van der Waals surface area contributed by atoms with Crippen molar-refractivity contribution in [2.75, 3.05) is 20.2 Å². The molecule has 0 bridgehead atoms. The van der Waals surface area contributed by atoms with E-state index >= 15 is 0 Å². The first-order valence-electron chi connectivity index (χ1n) is 6.30. The summed E-state index contributed by atoms with van der Waals surface area (Å²) in [4.78, 5) is 2.46. The molecule has 1 aliphatic heterocycles. The minimum Gasteiger partial charge on any atom is -0.496 e. The lowest BCUT2D eigenvalue weighted by Gasteiger charge is -2.19. The van der Waals surface area contributed by atoms with Crippen molar-refractivity contribution in [1.82, 2.24) is 4.90 Å². The van der Waals surface area contributed by atoms with Gasteiger partial charge in [0.1, 0.15) is 5.75 Å². The molecule has 1 fully saturated rings. The van der Waals surface area contributed by atoms with Gasteiger partial charge in [-0.2, -0.15) is 0 Å². The highest BCUT2D eigenvalue weighted by atomic mass is 35.5. The Morgan fingerprint density at radius 2 is 2.17 bits per heavy atom. The van der Waals surface area contributed by atoms with Crippen LogP contribution in [0.3, 0.4) is 0 Å². The Morgan fingerprint density at radius 1 is 1.44 bits per heavy atom. The summed E-state index contributed by atoms with van der Waals surface area (Å²) >= 11 is 0. The van der Waals surface area contributed by atoms with Gasteiger partial charge in [-0.15, -0.1) is 12.4 Å². The van der Waals surface area contributed by atoms with E-state index in [9.17, 15) is 0 Å². The summed E-state index contributed by atoms with van der Waals surface area (Å²) in [5.74, 6) is 1.63. The summed E-state index contributed by atoms with van der Waals surface area (Å²) in [6.07, 6.45) is 1.22. The fraction of sp³-hybridized carbons (Fsp3) is 0.571.